The molecule has 0 aromatic heterocycles. The van der Waals surface area contributed by atoms with Crippen LogP contribution in [-0.4, -0.2) is 35.4 Å². The molecule has 0 fully saturated rings. The average Bonchev–Trinajstić information content (AvgIpc) is 2.91. The molecule has 196 valence electrons. The van der Waals surface area contributed by atoms with Gasteiger partial charge in [0.25, 0.3) is 5.91 Å². The van der Waals surface area contributed by atoms with Gasteiger partial charge in [-0.3, -0.25) is 9.59 Å². The summed E-state index contributed by atoms with van der Waals surface area (Å²) in [6.45, 7) is 8.27. The zero-order valence-corrected chi connectivity index (χ0v) is 23.8. The third-order valence-electron chi connectivity index (χ3n) is 6.63. The van der Waals surface area contributed by atoms with E-state index in [0.717, 1.165) is 34.0 Å². The smallest absolute Gasteiger partial charge is 0.261 e. The number of ether oxygens (including phenoxy) is 1. The molecule has 0 saturated heterocycles. The van der Waals surface area contributed by atoms with Crippen LogP contribution in [0.25, 0.3) is 0 Å². The van der Waals surface area contributed by atoms with Gasteiger partial charge in [-0.05, 0) is 77.0 Å². The fourth-order valence-corrected chi connectivity index (χ4v) is 4.61. The van der Waals surface area contributed by atoms with Crippen molar-refractivity contribution in [2.24, 2.45) is 0 Å². The molecular weight excluding hydrogens is 528 g/mol. The van der Waals surface area contributed by atoms with Crippen molar-refractivity contribution in [2.75, 3.05) is 6.61 Å². The van der Waals surface area contributed by atoms with Crippen molar-refractivity contribution in [3.8, 4) is 5.75 Å². The number of halogens is 1. The van der Waals surface area contributed by atoms with Gasteiger partial charge in [0.05, 0.1) is 4.47 Å². The number of nitrogens with zero attached hydrogens (tertiary/aromatic N) is 1. The van der Waals surface area contributed by atoms with Crippen molar-refractivity contribution < 1.29 is 14.3 Å². The van der Waals surface area contributed by atoms with E-state index in [1.54, 1.807) is 4.90 Å². The monoisotopic (exact) mass is 564 g/mol. The first-order chi connectivity index (χ1) is 17.8. The summed E-state index contributed by atoms with van der Waals surface area (Å²) in [5, 5.41) is 3.10. The Bertz CT molecular complexity index is 1180. The lowest BCUT2D eigenvalue weighted by molar-refractivity contribution is -0.143. The molecule has 3 aromatic rings. The second-order valence-electron chi connectivity index (χ2n) is 9.38. The molecule has 0 bridgehead atoms. The third-order valence-corrected chi connectivity index (χ3v) is 7.25. The minimum atomic E-state index is -0.682. The summed E-state index contributed by atoms with van der Waals surface area (Å²) in [5.74, 6) is 0.202. The molecule has 0 radical (unpaired) electrons. The lowest BCUT2D eigenvalue weighted by Crippen LogP contribution is -2.53. The van der Waals surface area contributed by atoms with Crippen LogP contribution in [0.15, 0.2) is 77.3 Å². The van der Waals surface area contributed by atoms with Crippen LogP contribution in [0, 0.1) is 6.92 Å². The third kappa shape index (κ3) is 8.19. The molecule has 0 heterocycles. The van der Waals surface area contributed by atoms with Crippen molar-refractivity contribution in [1.82, 2.24) is 10.2 Å². The summed E-state index contributed by atoms with van der Waals surface area (Å²) in [4.78, 5) is 29.0. The molecule has 2 atom stereocenters. The van der Waals surface area contributed by atoms with Crippen LogP contribution < -0.4 is 10.1 Å². The molecule has 3 rings (SSSR count). The molecule has 5 nitrogen and oxygen atoms in total. The summed E-state index contributed by atoms with van der Waals surface area (Å²) in [7, 11) is 0. The maximum Gasteiger partial charge on any atom is 0.261 e. The van der Waals surface area contributed by atoms with Gasteiger partial charge in [0, 0.05) is 19.0 Å². The van der Waals surface area contributed by atoms with E-state index in [2.05, 4.69) is 28.2 Å². The van der Waals surface area contributed by atoms with Gasteiger partial charge in [0.1, 0.15) is 11.8 Å². The fourth-order valence-electron chi connectivity index (χ4n) is 4.07. The molecule has 37 heavy (non-hydrogen) atoms. The molecule has 2 amide bonds. The van der Waals surface area contributed by atoms with E-state index in [1.165, 1.54) is 5.56 Å². The molecule has 6 heteroatoms. The van der Waals surface area contributed by atoms with Crippen LogP contribution in [-0.2, 0) is 29.0 Å². The Morgan fingerprint density at radius 1 is 0.973 bits per heavy atom. The number of aryl methyl sites for hydroxylation is 2. The summed E-state index contributed by atoms with van der Waals surface area (Å²) in [6, 6.07) is 23.0. The van der Waals surface area contributed by atoms with E-state index in [9.17, 15) is 9.59 Å². The Morgan fingerprint density at radius 3 is 2.32 bits per heavy atom. The number of rotatable bonds is 12. The molecular formula is C31H37BrN2O3. The van der Waals surface area contributed by atoms with E-state index in [-0.39, 0.29) is 24.5 Å². The van der Waals surface area contributed by atoms with Crippen LogP contribution in [0.5, 0.6) is 5.75 Å². The zero-order valence-electron chi connectivity index (χ0n) is 22.2. The summed E-state index contributed by atoms with van der Waals surface area (Å²) in [5.41, 5.74) is 4.24. The van der Waals surface area contributed by atoms with Gasteiger partial charge >= 0.3 is 0 Å². The summed E-state index contributed by atoms with van der Waals surface area (Å²) in [6.07, 6.45) is 2.13. The number of hydrogen-bond acceptors (Lipinski definition) is 3. The van der Waals surface area contributed by atoms with Crippen molar-refractivity contribution >= 4 is 27.7 Å². The Labute approximate surface area is 229 Å². The number of benzene rings is 3. The van der Waals surface area contributed by atoms with Gasteiger partial charge in [0.15, 0.2) is 6.61 Å². The lowest BCUT2D eigenvalue weighted by atomic mass is 10.0. The fraction of sp³-hybridized carbons (Fsp3) is 0.355. The van der Waals surface area contributed by atoms with Crippen LogP contribution in [0.2, 0.25) is 0 Å². The number of carbonyl (C=O) groups excluding carboxylic acids is 2. The van der Waals surface area contributed by atoms with Crippen molar-refractivity contribution in [2.45, 2.75) is 65.6 Å². The number of hydrogen-bond donors (Lipinski definition) is 1. The molecule has 0 aliphatic carbocycles. The number of nitrogens with one attached hydrogen (secondary N) is 1. The van der Waals surface area contributed by atoms with E-state index in [0.29, 0.717) is 18.7 Å². The van der Waals surface area contributed by atoms with Crippen LogP contribution in [0.1, 0.15) is 49.4 Å². The first kappa shape index (κ1) is 28.5. The second-order valence-corrected chi connectivity index (χ2v) is 10.2. The van der Waals surface area contributed by atoms with Crippen LogP contribution in [0.4, 0.5) is 0 Å². The standard InChI is InChI=1S/C31H37BrN2O3/c1-5-23(4)33-31(36)28(19-25-13-8-7-9-14-25)34(20-26-15-11-10-12-22(26)3)30(35)21-37-29-17-16-24(6-2)18-27(29)32/h7-18,23,28H,5-6,19-21H2,1-4H3,(H,33,36)/t23-,28-/m0/s1. The number of carbonyl (C=O) groups is 2. The highest BCUT2D eigenvalue weighted by molar-refractivity contribution is 9.10. The SMILES string of the molecule is CCc1ccc(OCC(=O)N(Cc2ccccc2C)[C@@H](Cc2ccccc2)C(=O)N[C@@H](C)CC)c(Br)c1. The lowest BCUT2D eigenvalue weighted by Gasteiger charge is -2.32. The maximum atomic E-state index is 13.8. The molecule has 0 aliphatic rings. The normalized spacial score (nSPS) is 12.5. The maximum absolute atomic E-state index is 13.8. The predicted molar refractivity (Wildman–Crippen MR) is 153 cm³/mol. The molecule has 0 unspecified atom stereocenters. The Morgan fingerprint density at radius 2 is 1.68 bits per heavy atom. The van der Waals surface area contributed by atoms with Crippen LogP contribution in [0.3, 0.4) is 0 Å². The van der Waals surface area contributed by atoms with Crippen molar-refractivity contribution in [3.05, 3.63) is 99.5 Å². The Hall–Kier alpha value is -3.12. The van der Waals surface area contributed by atoms with E-state index < -0.39 is 6.04 Å². The molecule has 0 spiro atoms. The first-order valence-corrected chi connectivity index (χ1v) is 13.7. The average molecular weight is 566 g/mol. The minimum absolute atomic E-state index is 0.00507. The summed E-state index contributed by atoms with van der Waals surface area (Å²) < 4.78 is 6.77. The van der Waals surface area contributed by atoms with Crippen molar-refractivity contribution in [3.63, 3.8) is 0 Å². The van der Waals surface area contributed by atoms with Crippen molar-refractivity contribution in [1.29, 1.82) is 0 Å². The topological polar surface area (TPSA) is 58.6 Å². The molecule has 3 aromatic carbocycles. The highest BCUT2D eigenvalue weighted by atomic mass is 79.9. The molecule has 0 saturated carbocycles. The van der Waals surface area contributed by atoms with Gasteiger partial charge in [-0.25, -0.2) is 0 Å². The van der Waals surface area contributed by atoms with Gasteiger partial charge in [-0.15, -0.1) is 0 Å². The Kier molecular flexibility index (Phi) is 10.8. The van der Waals surface area contributed by atoms with Gasteiger partial charge < -0.3 is 15.0 Å². The molecule has 1 N–H and O–H groups in total. The van der Waals surface area contributed by atoms with E-state index in [1.807, 2.05) is 93.6 Å². The van der Waals surface area contributed by atoms with E-state index >= 15 is 0 Å². The van der Waals surface area contributed by atoms with Gasteiger partial charge in [0.2, 0.25) is 5.91 Å². The largest absolute Gasteiger partial charge is 0.483 e. The highest BCUT2D eigenvalue weighted by Crippen LogP contribution is 2.26. The zero-order chi connectivity index (χ0) is 26.8. The second kappa shape index (κ2) is 14.0. The van der Waals surface area contributed by atoms with Crippen LogP contribution >= 0.6 is 15.9 Å². The van der Waals surface area contributed by atoms with Gasteiger partial charge in [-0.1, -0.05) is 74.5 Å². The molecule has 0 aliphatic heterocycles. The summed E-state index contributed by atoms with van der Waals surface area (Å²) >= 11 is 3.56. The predicted octanol–water partition coefficient (Wildman–Crippen LogP) is 6.25. The van der Waals surface area contributed by atoms with E-state index in [4.69, 9.17) is 4.74 Å². The minimum Gasteiger partial charge on any atom is -0.483 e. The Balaban J connectivity index is 1.93. The highest BCUT2D eigenvalue weighted by Gasteiger charge is 2.31. The van der Waals surface area contributed by atoms with Gasteiger partial charge in [-0.2, -0.15) is 0 Å². The first-order valence-electron chi connectivity index (χ1n) is 12.9. The quantitative estimate of drug-likeness (QED) is 0.282. The number of amides is 2.